The molecule has 1 aromatic carbocycles. The van der Waals surface area contributed by atoms with Gasteiger partial charge in [0.15, 0.2) is 11.6 Å². The first kappa shape index (κ1) is 16.9. The highest BCUT2D eigenvalue weighted by Gasteiger charge is 2.52. The van der Waals surface area contributed by atoms with Crippen LogP contribution in [0.3, 0.4) is 0 Å². The Labute approximate surface area is 140 Å². The van der Waals surface area contributed by atoms with E-state index in [1.54, 1.807) is 0 Å². The summed E-state index contributed by atoms with van der Waals surface area (Å²) in [6.45, 7) is 5.53. The number of ketones is 2. The molecule has 130 valence electrons. The van der Waals surface area contributed by atoms with Gasteiger partial charge >= 0.3 is 0 Å². The number of fused-ring (bicyclic) bond motifs is 2. The fourth-order valence-corrected chi connectivity index (χ4v) is 3.84. The van der Waals surface area contributed by atoms with Crippen molar-refractivity contribution in [3.05, 3.63) is 23.3 Å². The maximum absolute atomic E-state index is 13.0. The number of ether oxygens (including phenoxy) is 1. The Hall–Kier alpha value is -1.92. The van der Waals surface area contributed by atoms with Gasteiger partial charge in [0, 0.05) is 12.3 Å². The van der Waals surface area contributed by atoms with E-state index in [-0.39, 0.29) is 35.5 Å². The summed E-state index contributed by atoms with van der Waals surface area (Å²) in [5.41, 5.74) is -0.832. The summed E-state index contributed by atoms with van der Waals surface area (Å²) >= 11 is 0. The highest BCUT2D eigenvalue weighted by atomic mass is 16.5. The Morgan fingerprint density at radius 1 is 1.00 bits per heavy atom. The molecule has 1 aromatic rings. The van der Waals surface area contributed by atoms with Crippen LogP contribution in [0.1, 0.15) is 54.3 Å². The number of phenols is 2. The normalized spacial score (nSPS) is 30.0. The summed E-state index contributed by atoms with van der Waals surface area (Å²) in [4.78, 5) is 25.8. The Balaban J connectivity index is 2.11. The third-order valence-electron chi connectivity index (χ3n) is 4.66. The van der Waals surface area contributed by atoms with E-state index in [0.717, 1.165) is 0 Å². The zero-order valence-corrected chi connectivity index (χ0v) is 13.9. The van der Waals surface area contributed by atoms with E-state index < -0.39 is 41.2 Å². The number of Topliss-reactive ketones (excluding diaryl/α,β-unsaturated/α-hetero) is 2. The molecule has 0 spiro atoms. The molecule has 0 aliphatic heterocycles. The van der Waals surface area contributed by atoms with Crippen LogP contribution in [0.15, 0.2) is 12.1 Å². The summed E-state index contributed by atoms with van der Waals surface area (Å²) < 4.78 is 5.95. The van der Waals surface area contributed by atoms with Gasteiger partial charge in [-0.15, -0.1) is 0 Å². The average molecular weight is 334 g/mol. The second-order valence-electron chi connectivity index (χ2n) is 7.61. The van der Waals surface area contributed by atoms with Crippen LogP contribution in [0.25, 0.3) is 0 Å². The van der Waals surface area contributed by atoms with Gasteiger partial charge in [-0.25, -0.2) is 0 Å². The molecule has 0 aromatic heterocycles. The maximum Gasteiger partial charge on any atom is 0.173 e. The minimum absolute atomic E-state index is 0.139. The third kappa shape index (κ3) is 2.70. The van der Waals surface area contributed by atoms with Crippen molar-refractivity contribution in [2.45, 2.75) is 51.4 Å². The summed E-state index contributed by atoms with van der Waals surface area (Å²) in [5, 5.41) is 30.2. The molecule has 0 radical (unpaired) electrons. The Kier molecular flexibility index (Phi) is 3.92. The molecule has 2 aliphatic carbocycles. The number of aliphatic hydroxyl groups is 1. The molecule has 0 heterocycles. The standard InChI is InChI=1S/C18H22O6/c1-18(2,3)24-12-7-8(19)6-9-13(12)17(23)15-11(21)5-4-10(20)14(15)16(9)22/h4-5,8-9,12-13,19-21H,6-7H2,1-3H3/t8-,9-,12+,13+/m1/s1. The lowest BCUT2D eigenvalue weighted by molar-refractivity contribution is -0.118. The molecule has 6 heteroatoms. The summed E-state index contributed by atoms with van der Waals surface area (Å²) in [6.07, 6.45) is -0.971. The van der Waals surface area contributed by atoms with Crippen molar-refractivity contribution in [1.82, 2.24) is 0 Å². The minimum Gasteiger partial charge on any atom is -0.507 e. The van der Waals surface area contributed by atoms with Crippen LogP contribution in [0.5, 0.6) is 11.5 Å². The first-order valence-corrected chi connectivity index (χ1v) is 8.09. The van der Waals surface area contributed by atoms with Crippen LogP contribution in [-0.2, 0) is 4.74 Å². The number of rotatable bonds is 1. The number of hydrogen-bond acceptors (Lipinski definition) is 6. The number of benzene rings is 1. The number of aromatic hydroxyl groups is 2. The molecule has 4 atom stereocenters. The van der Waals surface area contributed by atoms with E-state index in [2.05, 4.69) is 0 Å². The van der Waals surface area contributed by atoms with Gasteiger partial charge in [0.2, 0.25) is 0 Å². The summed E-state index contributed by atoms with van der Waals surface area (Å²) in [5.74, 6) is -3.00. The minimum atomic E-state index is -0.764. The van der Waals surface area contributed by atoms with Crippen molar-refractivity contribution < 1.29 is 29.6 Å². The average Bonchev–Trinajstić information content (AvgIpc) is 2.44. The quantitative estimate of drug-likeness (QED) is 0.679. The molecule has 1 fully saturated rings. The lowest BCUT2D eigenvalue weighted by Gasteiger charge is -2.43. The van der Waals surface area contributed by atoms with Gasteiger partial charge in [-0.2, -0.15) is 0 Å². The van der Waals surface area contributed by atoms with Gasteiger partial charge < -0.3 is 20.1 Å². The van der Waals surface area contributed by atoms with Crippen LogP contribution in [0, 0.1) is 11.8 Å². The van der Waals surface area contributed by atoms with E-state index in [4.69, 9.17) is 4.74 Å². The highest BCUT2D eigenvalue weighted by molar-refractivity contribution is 6.19. The molecule has 3 N–H and O–H groups in total. The predicted molar refractivity (Wildman–Crippen MR) is 85.3 cm³/mol. The molecule has 2 aliphatic rings. The predicted octanol–water partition coefficient (Wildman–Crippen LogP) is 2.05. The van der Waals surface area contributed by atoms with Crippen LogP contribution in [-0.4, -0.2) is 44.7 Å². The van der Waals surface area contributed by atoms with Gasteiger partial charge in [0.25, 0.3) is 0 Å². The van der Waals surface area contributed by atoms with Crippen LogP contribution >= 0.6 is 0 Å². The van der Waals surface area contributed by atoms with Crippen LogP contribution in [0.2, 0.25) is 0 Å². The second kappa shape index (κ2) is 5.57. The molecule has 6 nitrogen and oxygen atoms in total. The number of phenolic OH excluding ortho intramolecular Hbond substituents is 2. The molecule has 0 amide bonds. The van der Waals surface area contributed by atoms with E-state index in [9.17, 15) is 24.9 Å². The number of carbonyl (C=O) groups is 2. The zero-order chi connectivity index (χ0) is 17.8. The molecule has 24 heavy (non-hydrogen) atoms. The van der Waals surface area contributed by atoms with E-state index >= 15 is 0 Å². The van der Waals surface area contributed by atoms with E-state index in [1.165, 1.54) is 12.1 Å². The molecule has 0 saturated heterocycles. The van der Waals surface area contributed by atoms with Crippen molar-refractivity contribution in [3.63, 3.8) is 0 Å². The summed E-state index contributed by atoms with van der Waals surface area (Å²) in [6, 6.07) is 2.40. The first-order chi connectivity index (χ1) is 11.1. The maximum atomic E-state index is 13.0. The lowest BCUT2D eigenvalue weighted by Crippen LogP contribution is -2.51. The number of aliphatic hydroxyl groups excluding tert-OH is 1. The van der Waals surface area contributed by atoms with Gasteiger partial charge in [0.1, 0.15) is 11.5 Å². The van der Waals surface area contributed by atoms with Crippen molar-refractivity contribution in [3.8, 4) is 11.5 Å². The molecule has 0 unspecified atom stereocenters. The van der Waals surface area contributed by atoms with E-state index in [1.807, 2.05) is 20.8 Å². The zero-order valence-electron chi connectivity index (χ0n) is 13.9. The SMILES string of the molecule is CC(C)(C)O[C@H]1C[C@H](O)C[C@H]2C(=O)c3c(O)ccc(O)c3C(=O)[C@H]12. The van der Waals surface area contributed by atoms with Gasteiger partial charge in [-0.05, 0) is 39.3 Å². The van der Waals surface area contributed by atoms with Crippen molar-refractivity contribution in [2.75, 3.05) is 0 Å². The second-order valence-corrected chi connectivity index (χ2v) is 7.61. The largest absolute Gasteiger partial charge is 0.507 e. The van der Waals surface area contributed by atoms with E-state index in [0.29, 0.717) is 0 Å². The topological polar surface area (TPSA) is 104 Å². The first-order valence-electron chi connectivity index (χ1n) is 8.09. The fraction of sp³-hybridized carbons (Fsp3) is 0.556. The molecular formula is C18H22O6. The fourth-order valence-electron chi connectivity index (χ4n) is 3.84. The Morgan fingerprint density at radius 2 is 1.54 bits per heavy atom. The van der Waals surface area contributed by atoms with Crippen molar-refractivity contribution >= 4 is 11.6 Å². The van der Waals surface area contributed by atoms with Crippen molar-refractivity contribution in [1.29, 1.82) is 0 Å². The van der Waals surface area contributed by atoms with Gasteiger partial charge in [-0.3, -0.25) is 9.59 Å². The van der Waals surface area contributed by atoms with Crippen LogP contribution < -0.4 is 0 Å². The molecule has 1 saturated carbocycles. The van der Waals surface area contributed by atoms with Crippen molar-refractivity contribution in [2.24, 2.45) is 11.8 Å². The third-order valence-corrected chi connectivity index (χ3v) is 4.66. The Bertz CT molecular complexity index is 702. The summed E-state index contributed by atoms with van der Waals surface area (Å²) in [7, 11) is 0. The molecule has 0 bridgehead atoms. The van der Waals surface area contributed by atoms with Gasteiger partial charge in [-0.1, -0.05) is 0 Å². The number of carbonyl (C=O) groups excluding carboxylic acids is 2. The highest BCUT2D eigenvalue weighted by Crippen LogP contribution is 2.46. The molecule has 3 rings (SSSR count). The smallest absolute Gasteiger partial charge is 0.173 e. The Morgan fingerprint density at radius 3 is 2.08 bits per heavy atom. The van der Waals surface area contributed by atoms with Crippen LogP contribution in [0.4, 0.5) is 0 Å². The molecular weight excluding hydrogens is 312 g/mol. The monoisotopic (exact) mass is 334 g/mol. The van der Waals surface area contributed by atoms with Gasteiger partial charge in [0.05, 0.1) is 34.9 Å². The number of hydrogen-bond donors (Lipinski definition) is 3. The lowest BCUT2D eigenvalue weighted by atomic mass is 9.65.